The van der Waals surface area contributed by atoms with E-state index in [0.29, 0.717) is 22.9 Å². The Morgan fingerprint density at radius 3 is 2.71 bits per heavy atom. The molecule has 0 bridgehead atoms. The van der Waals surface area contributed by atoms with Gasteiger partial charge in [-0.2, -0.15) is 0 Å². The molecular formula is C18H21N3O3. The molecule has 0 spiro atoms. The average molecular weight is 327 g/mol. The number of anilines is 2. The number of nitrogens with one attached hydrogen (secondary N) is 2. The fourth-order valence-electron chi connectivity index (χ4n) is 2.85. The highest BCUT2D eigenvalue weighted by molar-refractivity contribution is 6.04. The SMILES string of the molecule is C[C@@H]1CCCN(C(=O)Nc2cccc(NC(=O)c3ccoc3)c2)C1. The lowest BCUT2D eigenvalue weighted by atomic mass is 10.0. The number of carbonyl (C=O) groups excluding carboxylic acids is 2. The zero-order valence-corrected chi connectivity index (χ0v) is 13.6. The third-order valence-corrected chi connectivity index (χ3v) is 4.10. The van der Waals surface area contributed by atoms with Crippen molar-refractivity contribution in [2.24, 2.45) is 5.92 Å². The quantitative estimate of drug-likeness (QED) is 0.900. The fraction of sp³-hybridized carbons (Fsp3) is 0.333. The lowest BCUT2D eigenvalue weighted by molar-refractivity contribution is 0.102. The molecule has 2 aromatic rings. The predicted molar refractivity (Wildman–Crippen MR) is 92.1 cm³/mol. The van der Waals surface area contributed by atoms with Gasteiger partial charge in [0.2, 0.25) is 0 Å². The predicted octanol–water partition coefficient (Wildman–Crippen LogP) is 3.80. The third kappa shape index (κ3) is 3.95. The molecule has 1 aromatic carbocycles. The summed E-state index contributed by atoms with van der Waals surface area (Å²) in [6, 6.07) is 8.61. The van der Waals surface area contributed by atoms with Gasteiger partial charge in [-0.3, -0.25) is 4.79 Å². The molecule has 1 atom stereocenters. The second-order valence-electron chi connectivity index (χ2n) is 6.17. The van der Waals surface area contributed by atoms with Crippen molar-refractivity contribution in [3.63, 3.8) is 0 Å². The highest BCUT2D eigenvalue weighted by Crippen LogP contribution is 2.19. The molecule has 126 valence electrons. The number of hydrogen-bond acceptors (Lipinski definition) is 3. The maximum absolute atomic E-state index is 12.3. The molecule has 1 fully saturated rings. The van der Waals surface area contributed by atoms with E-state index < -0.39 is 0 Å². The van der Waals surface area contributed by atoms with Crippen molar-refractivity contribution in [1.29, 1.82) is 0 Å². The number of hydrogen-bond donors (Lipinski definition) is 2. The number of rotatable bonds is 3. The third-order valence-electron chi connectivity index (χ3n) is 4.10. The van der Waals surface area contributed by atoms with E-state index in [0.717, 1.165) is 19.5 Å². The van der Waals surface area contributed by atoms with Crippen molar-refractivity contribution in [2.75, 3.05) is 23.7 Å². The summed E-state index contributed by atoms with van der Waals surface area (Å²) in [6.07, 6.45) is 5.04. The van der Waals surface area contributed by atoms with Crippen molar-refractivity contribution < 1.29 is 14.0 Å². The van der Waals surface area contributed by atoms with Crippen molar-refractivity contribution in [3.8, 4) is 0 Å². The van der Waals surface area contributed by atoms with Gasteiger partial charge in [-0.15, -0.1) is 0 Å². The molecule has 2 heterocycles. The van der Waals surface area contributed by atoms with Crippen LogP contribution in [0.25, 0.3) is 0 Å². The van der Waals surface area contributed by atoms with E-state index in [2.05, 4.69) is 17.6 Å². The van der Waals surface area contributed by atoms with Crippen LogP contribution >= 0.6 is 0 Å². The minimum absolute atomic E-state index is 0.0974. The first-order chi connectivity index (χ1) is 11.6. The smallest absolute Gasteiger partial charge is 0.321 e. The van der Waals surface area contributed by atoms with Crippen molar-refractivity contribution in [1.82, 2.24) is 4.90 Å². The van der Waals surface area contributed by atoms with Gasteiger partial charge in [-0.25, -0.2) is 4.79 Å². The molecule has 0 aliphatic carbocycles. The average Bonchev–Trinajstić information content (AvgIpc) is 3.10. The van der Waals surface area contributed by atoms with Crippen LogP contribution in [0.1, 0.15) is 30.1 Å². The molecule has 6 nitrogen and oxygen atoms in total. The van der Waals surface area contributed by atoms with Gasteiger partial charge in [0, 0.05) is 24.5 Å². The van der Waals surface area contributed by atoms with Crippen LogP contribution in [0, 0.1) is 5.92 Å². The van der Waals surface area contributed by atoms with Crippen LogP contribution in [0.15, 0.2) is 47.3 Å². The molecule has 6 heteroatoms. The van der Waals surface area contributed by atoms with Gasteiger partial charge in [-0.05, 0) is 43.0 Å². The van der Waals surface area contributed by atoms with Crippen LogP contribution in [0.5, 0.6) is 0 Å². The van der Waals surface area contributed by atoms with Gasteiger partial charge in [0.25, 0.3) is 5.91 Å². The maximum Gasteiger partial charge on any atom is 0.321 e. The van der Waals surface area contributed by atoms with E-state index in [1.54, 1.807) is 30.3 Å². The monoisotopic (exact) mass is 327 g/mol. The van der Waals surface area contributed by atoms with Gasteiger partial charge in [0.15, 0.2) is 0 Å². The van der Waals surface area contributed by atoms with E-state index in [1.807, 2.05) is 4.90 Å². The summed E-state index contributed by atoms with van der Waals surface area (Å²) >= 11 is 0. The first-order valence-corrected chi connectivity index (χ1v) is 8.11. The Kier molecular flexibility index (Phi) is 4.84. The van der Waals surface area contributed by atoms with Crippen LogP contribution in [0.2, 0.25) is 0 Å². The molecule has 1 saturated heterocycles. The van der Waals surface area contributed by atoms with E-state index in [4.69, 9.17) is 4.42 Å². The lowest BCUT2D eigenvalue weighted by Crippen LogP contribution is -2.41. The summed E-state index contributed by atoms with van der Waals surface area (Å²) in [5.41, 5.74) is 1.72. The van der Waals surface area contributed by atoms with Crippen LogP contribution < -0.4 is 10.6 Å². The Morgan fingerprint density at radius 2 is 2.00 bits per heavy atom. The van der Waals surface area contributed by atoms with Crippen molar-refractivity contribution >= 4 is 23.3 Å². The normalized spacial score (nSPS) is 17.4. The number of carbonyl (C=O) groups is 2. The standard InChI is InChI=1S/C18H21N3O3/c1-13-4-3-8-21(11-13)18(23)20-16-6-2-5-15(10-16)19-17(22)14-7-9-24-12-14/h2,5-7,9-10,12-13H,3-4,8,11H2,1H3,(H,19,22)(H,20,23)/t13-/m1/s1. The zero-order chi connectivity index (χ0) is 16.9. The lowest BCUT2D eigenvalue weighted by Gasteiger charge is -2.31. The molecule has 1 aliphatic heterocycles. The largest absolute Gasteiger partial charge is 0.472 e. The Balaban J connectivity index is 1.62. The maximum atomic E-state index is 12.3. The number of urea groups is 1. The molecule has 0 saturated carbocycles. The molecule has 1 aliphatic rings. The van der Waals surface area contributed by atoms with Crippen LogP contribution in [-0.4, -0.2) is 29.9 Å². The fourth-order valence-corrected chi connectivity index (χ4v) is 2.85. The number of furan rings is 1. The van der Waals surface area contributed by atoms with Crippen molar-refractivity contribution in [3.05, 3.63) is 48.4 Å². The molecule has 24 heavy (non-hydrogen) atoms. The summed E-state index contributed by atoms with van der Waals surface area (Å²) in [6.45, 7) is 3.72. The topological polar surface area (TPSA) is 74.6 Å². The van der Waals surface area contributed by atoms with E-state index in [9.17, 15) is 9.59 Å². The van der Waals surface area contributed by atoms with Gasteiger partial charge in [0.05, 0.1) is 11.8 Å². The van der Waals surface area contributed by atoms with Gasteiger partial charge < -0.3 is 20.0 Å². The first kappa shape index (κ1) is 16.1. The van der Waals surface area contributed by atoms with Crippen LogP contribution in [0.4, 0.5) is 16.2 Å². The molecule has 3 rings (SSSR count). The summed E-state index contributed by atoms with van der Waals surface area (Å²) in [5, 5.41) is 5.68. The molecule has 1 aromatic heterocycles. The Morgan fingerprint density at radius 1 is 1.21 bits per heavy atom. The number of piperidine rings is 1. The Hall–Kier alpha value is -2.76. The number of likely N-dealkylation sites (tertiary alicyclic amines) is 1. The van der Waals surface area contributed by atoms with Gasteiger partial charge in [-0.1, -0.05) is 13.0 Å². The number of benzene rings is 1. The number of nitrogens with zero attached hydrogens (tertiary/aromatic N) is 1. The molecule has 0 unspecified atom stereocenters. The highest BCUT2D eigenvalue weighted by atomic mass is 16.3. The second-order valence-corrected chi connectivity index (χ2v) is 6.17. The molecular weight excluding hydrogens is 306 g/mol. The van der Waals surface area contributed by atoms with E-state index in [-0.39, 0.29) is 11.9 Å². The molecule has 3 amide bonds. The Labute approximate surface area is 140 Å². The van der Waals surface area contributed by atoms with Crippen LogP contribution in [0.3, 0.4) is 0 Å². The zero-order valence-electron chi connectivity index (χ0n) is 13.6. The van der Waals surface area contributed by atoms with E-state index >= 15 is 0 Å². The summed E-state index contributed by atoms with van der Waals surface area (Å²) in [7, 11) is 0. The molecule has 0 radical (unpaired) electrons. The van der Waals surface area contributed by atoms with Gasteiger partial charge in [0.1, 0.15) is 6.26 Å². The highest BCUT2D eigenvalue weighted by Gasteiger charge is 2.20. The molecule has 2 N–H and O–H groups in total. The Bertz CT molecular complexity index is 712. The minimum atomic E-state index is -0.253. The van der Waals surface area contributed by atoms with Crippen LogP contribution in [-0.2, 0) is 0 Å². The first-order valence-electron chi connectivity index (χ1n) is 8.11. The van der Waals surface area contributed by atoms with Crippen molar-refractivity contribution in [2.45, 2.75) is 19.8 Å². The van der Waals surface area contributed by atoms with E-state index in [1.165, 1.54) is 18.9 Å². The summed E-state index contributed by atoms with van der Waals surface area (Å²) in [4.78, 5) is 26.2. The minimum Gasteiger partial charge on any atom is -0.472 e. The summed E-state index contributed by atoms with van der Waals surface area (Å²) in [5.74, 6) is 0.280. The van der Waals surface area contributed by atoms with Gasteiger partial charge >= 0.3 is 6.03 Å². The number of amides is 3. The second kappa shape index (κ2) is 7.21. The summed E-state index contributed by atoms with van der Waals surface area (Å²) < 4.78 is 4.90.